The van der Waals surface area contributed by atoms with E-state index < -0.39 is 18.0 Å². The molecule has 18 heavy (non-hydrogen) atoms. The Kier molecular flexibility index (Phi) is 4.68. The maximum absolute atomic E-state index is 11.5. The zero-order chi connectivity index (χ0) is 13.7. The molecule has 1 rings (SSSR count). The second kappa shape index (κ2) is 6.02. The fourth-order valence-corrected chi connectivity index (χ4v) is 1.72. The molecule has 0 aliphatic carbocycles. The second-order valence-corrected chi connectivity index (χ2v) is 4.38. The summed E-state index contributed by atoms with van der Waals surface area (Å²) in [7, 11) is 0. The molecule has 1 atom stereocenters. The highest BCUT2D eigenvalue weighted by atomic mass is 79.9. The molecule has 4 N–H and O–H groups in total. The number of anilines is 1. The number of urea groups is 1. The smallest absolute Gasteiger partial charge is 0.318 e. The predicted octanol–water partition coefficient (Wildman–Crippen LogP) is 1.32. The van der Waals surface area contributed by atoms with Crippen LogP contribution in [0, 0.1) is 11.3 Å². The van der Waals surface area contributed by atoms with E-state index in [0.29, 0.717) is 15.7 Å². The van der Waals surface area contributed by atoms with Gasteiger partial charge in [0.25, 0.3) is 0 Å². The summed E-state index contributed by atoms with van der Waals surface area (Å²) in [4.78, 5) is 22.0. The summed E-state index contributed by atoms with van der Waals surface area (Å²) in [5.41, 5.74) is 5.99. The number of nitriles is 1. The van der Waals surface area contributed by atoms with E-state index in [9.17, 15) is 9.59 Å². The summed E-state index contributed by atoms with van der Waals surface area (Å²) in [6.07, 6.45) is 0. The lowest BCUT2D eigenvalue weighted by atomic mass is 10.2. The summed E-state index contributed by atoms with van der Waals surface area (Å²) in [5.74, 6) is -0.529. The molecule has 0 spiro atoms. The van der Waals surface area contributed by atoms with Gasteiger partial charge in [0.2, 0.25) is 5.91 Å². The van der Waals surface area contributed by atoms with Crippen LogP contribution in [-0.4, -0.2) is 18.0 Å². The molecule has 0 aromatic heterocycles. The average molecular weight is 311 g/mol. The zero-order valence-electron chi connectivity index (χ0n) is 9.53. The number of rotatable bonds is 3. The van der Waals surface area contributed by atoms with E-state index in [1.165, 1.54) is 0 Å². The van der Waals surface area contributed by atoms with Gasteiger partial charge in [-0.3, -0.25) is 10.1 Å². The monoisotopic (exact) mass is 310 g/mol. The van der Waals surface area contributed by atoms with Gasteiger partial charge in [-0.05, 0) is 41.1 Å². The molecule has 0 aliphatic heterocycles. The molecule has 0 saturated heterocycles. The van der Waals surface area contributed by atoms with Crippen LogP contribution >= 0.6 is 15.9 Å². The minimum Gasteiger partial charge on any atom is -0.373 e. The number of halogens is 1. The Morgan fingerprint density at radius 2 is 2.17 bits per heavy atom. The summed E-state index contributed by atoms with van der Waals surface area (Å²) in [5, 5.41) is 13.6. The van der Waals surface area contributed by atoms with Crippen molar-refractivity contribution in [3.8, 4) is 6.07 Å². The van der Waals surface area contributed by atoms with Crippen molar-refractivity contribution in [1.29, 1.82) is 5.26 Å². The molecule has 6 nitrogen and oxygen atoms in total. The minimum absolute atomic E-state index is 0.502. The van der Waals surface area contributed by atoms with Crippen molar-refractivity contribution in [2.75, 3.05) is 5.32 Å². The molecule has 1 unspecified atom stereocenters. The number of amides is 3. The maximum atomic E-state index is 11.5. The van der Waals surface area contributed by atoms with Crippen LogP contribution in [0.5, 0.6) is 0 Å². The van der Waals surface area contributed by atoms with Crippen LogP contribution in [0.2, 0.25) is 0 Å². The van der Waals surface area contributed by atoms with E-state index in [-0.39, 0.29) is 0 Å². The van der Waals surface area contributed by atoms with Crippen LogP contribution in [0.3, 0.4) is 0 Å². The molecular weight excluding hydrogens is 300 g/mol. The Morgan fingerprint density at radius 1 is 1.50 bits per heavy atom. The van der Waals surface area contributed by atoms with Gasteiger partial charge < -0.3 is 11.1 Å². The number of nitrogens with one attached hydrogen (secondary N) is 2. The Bertz CT molecular complexity index is 524. The fraction of sp³-hybridized carbons (Fsp3) is 0.182. The number of carbonyl (C=O) groups excluding carboxylic acids is 2. The molecule has 0 saturated carbocycles. The van der Waals surface area contributed by atoms with E-state index in [1.807, 2.05) is 11.4 Å². The largest absolute Gasteiger partial charge is 0.373 e. The predicted molar refractivity (Wildman–Crippen MR) is 69.7 cm³/mol. The number of nitrogens with zero attached hydrogens (tertiary/aromatic N) is 1. The van der Waals surface area contributed by atoms with Crippen LogP contribution in [0.15, 0.2) is 22.7 Å². The number of carbonyl (C=O) groups is 2. The molecule has 0 heterocycles. The van der Waals surface area contributed by atoms with Gasteiger partial charge in [0, 0.05) is 10.2 Å². The number of hydrogen-bond acceptors (Lipinski definition) is 4. The van der Waals surface area contributed by atoms with Crippen LogP contribution in [0.1, 0.15) is 12.5 Å². The van der Waals surface area contributed by atoms with Crippen molar-refractivity contribution in [1.82, 2.24) is 5.32 Å². The minimum atomic E-state index is -0.896. The molecular formula is C11H11BrN4O2. The molecule has 1 aromatic carbocycles. The molecule has 0 bridgehead atoms. The number of benzene rings is 1. The first-order valence-electron chi connectivity index (χ1n) is 5.00. The topological polar surface area (TPSA) is 108 Å². The van der Waals surface area contributed by atoms with E-state index >= 15 is 0 Å². The van der Waals surface area contributed by atoms with E-state index in [2.05, 4.69) is 21.2 Å². The summed E-state index contributed by atoms with van der Waals surface area (Å²) in [6.45, 7) is 1.59. The third-order valence-corrected chi connectivity index (χ3v) is 2.77. The molecule has 94 valence electrons. The first-order chi connectivity index (χ1) is 8.43. The van der Waals surface area contributed by atoms with Gasteiger partial charge in [-0.25, -0.2) is 4.79 Å². The van der Waals surface area contributed by atoms with Gasteiger partial charge in [-0.1, -0.05) is 0 Å². The van der Waals surface area contributed by atoms with Crippen molar-refractivity contribution >= 4 is 33.6 Å². The van der Waals surface area contributed by atoms with Crippen molar-refractivity contribution in [3.05, 3.63) is 28.2 Å². The maximum Gasteiger partial charge on any atom is 0.318 e. The number of hydrogen-bond donors (Lipinski definition) is 3. The van der Waals surface area contributed by atoms with Crippen molar-refractivity contribution in [2.45, 2.75) is 13.0 Å². The van der Waals surface area contributed by atoms with E-state index in [4.69, 9.17) is 11.0 Å². The summed E-state index contributed by atoms with van der Waals surface area (Å²) < 4.78 is 0.653. The standard InChI is InChI=1S/C11H11BrN4O2/c1-6(10(17)16-11(14)18)15-9-3-2-7(5-13)4-8(9)12/h2-4,6,15H,1H3,(H3,14,16,17,18). The Balaban J connectivity index is 2.76. The molecule has 0 fully saturated rings. The first-order valence-corrected chi connectivity index (χ1v) is 5.80. The van der Waals surface area contributed by atoms with Crippen LogP contribution < -0.4 is 16.4 Å². The van der Waals surface area contributed by atoms with Crippen molar-refractivity contribution < 1.29 is 9.59 Å². The number of nitrogens with two attached hydrogens (primary N) is 1. The van der Waals surface area contributed by atoms with Crippen LogP contribution in [-0.2, 0) is 4.79 Å². The van der Waals surface area contributed by atoms with Gasteiger partial charge in [-0.2, -0.15) is 5.26 Å². The molecule has 1 aromatic rings. The quantitative estimate of drug-likeness (QED) is 0.782. The molecule has 0 aliphatic rings. The Hall–Kier alpha value is -2.07. The van der Waals surface area contributed by atoms with Gasteiger partial charge in [0.1, 0.15) is 6.04 Å². The lowest BCUT2D eigenvalue weighted by Gasteiger charge is -2.15. The third-order valence-electron chi connectivity index (χ3n) is 2.11. The van der Waals surface area contributed by atoms with Crippen LogP contribution in [0.25, 0.3) is 0 Å². The van der Waals surface area contributed by atoms with Crippen molar-refractivity contribution in [2.24, 2.45) is 5.73 Å². The Labute approximate surface area is 112 Å². The zero-order valence-corrected chi connectivity index (χ0v) is 11.1. The van der Waals surface area contributed by atoms with Gasteiger partial charge in [-0.15, -0.1) is 0 Å². The molecule has 0 radical (unpaired) electrons. The Morgan fingerprint density at radius 3 is 2.67 bits per heavy atom. The highest BCUT2D eigenvalue weighted by Crippen LogP contribution is 2.24. The lowest BCUT2D eigenvalue weighted by Crippen LogP contribution is -2.43. The normalized spacial score (nSPS) is 11.2. The van der Waals surface area contributed by atoms with Crippen molar-refractivity contribution in [3.63, 3.8) is 0 Å². The second-order valence-electron chi connectivity index (χ2n) is 3.53. The summed E-state index contributed by atoms with van der Waals surface area (Å²) in [6, 6.07) is 5.37. The third kappa shape index (κ3) is 3.75. The average Bonchev–Trinajstić information content (AvgIpc) is 2.30. The fourth-order valence-electron chi connectivity index (χ4n) is 1.23. The molecule has 7 heteroatoms. The van der Waals surface area contributed by atoms with Gasteiger partial charge in [0.05, 0.1) is 11.6 Å². The highest BCUT2D eigenvalue weighted by molar-refractivity contribution is 9.10. The lowest BCUT2D eigenvalue weighted by molar-refractivity contribution is -0.120. The molecule has 3 amide bonds. The van der Waals surface area contributed by atoms with E-state index in [0.717, 1.165) is 0 Å². The summed E-state index contributed by atoms with van der Waals surface area (Å²) >= 11 is 3.28. The van der Waals surface area contributed by atoms with Gasteiger partial charge in [0.15, 0.2) is 0 Å². The SMILES string of the molecule is CC(Nc1ccc(C#N)cc1Br)C(=O)NC(N)=O. The first kappa shape index (κ1) is 14.0. The van der Waals surface area contributed by atoms with E-state index in [1.54, 1.807) is 25.1 Å². The van der Waals surface area contributed by atoms with Crippen LogP contribution in [0.4, 0.5) is 10.5 Å². The highest BCUT2D eigenvalue weighted by Gasteiger charge is 2.15. The number of primary amides is 1. The van der Waals surface area contributed by atoms with Gasteiger partial charge >= 0.3 is 6.03 Å². The number of imide groups is 1.